The second-order valence-corrected chi connectivity index (χ2v) is 5.36. The van der Waals surface area contributed by atoms with Crippen molar-refractivity contribution in [2.75, 3.05) is 11.2 Å². The highest BCUT2D eigenvalue weighted by Gasteiger charge is 2.04. The van der Waals surface area contributed by atoms with Crippen LogP contribution in [0.15, 0.2) is 40.7 Å². The Morgan fingerprint density at radius 1 is 1.48 bits per heavy atom. The Morgan fingerprint density at radius 3 is 2.81 bits per heavy atom. The summed E-state index contributed by atoms with van der Waals surface area (Å²) in [5.74, 6) is 0.961. The fourth-order valence-electron chi connectivity index (χ4n) is 1.62. The van der Waals surface area contributed by atoms with Gasteiger partial charge >= 0.3 is 0 Å². The topological polar surface area (TPSA) is 85.3 Å². The summed E-state index contributed by atoms with van der Waals surface area (Å²) in [4.78, 5) is 14.4. The number of nitro groups is 1. The van der Waals surface area contributed by atoms with Gasteiger partial charge in [0.05, 0.1) is 28.7 Å². The third kappa shape index (κ3) is 3.82. The minimum atomic E-state index is -0.435. The molecule has 8 heteroatoms. The first-order valence-corrected chi connectivity index (χ1v) is 7.28. The van der Waals surface area contributed by atoms with Crippen LogP contribution in [0.3, 0.4) is 0 Å². The first kappa shape index (κ1) is 15.0. The molecule has 0 unspecified atom stereocenters. The number of nitro benzene ring substituents is 1. The summed E-state index contributed by atoms with van der Waals surface area (Å²) in [5, 5.41) is 15.6. The zero-order valence-electron chi connectivity index (χ0n) is 11.7. The van der Waals surface area contributed by atoms with E-state index in [2.05, 4.69) is 22.4 Å². The minimum absolute atomic E-state index is 0.0531. The fourth-order valence-corrected chi connectivity index (χ4v) is 2.30. The van der Waals surface area contributed by atoms with Crippen molar-refractivity contribution in [1.82, 2.24) is 9.55 Å². The van der Waals surface area contributed by atoms with E-state index in [0.717, 1.165) is 16.6 Å². The van der Waals surface area contributed by atoms with E-state index in [0.29, 0.717) is 5.69 Å². The number of aromatic nitrogens is 2. The maximum atomic E-state index is 10.5. The minimum Gasteiger partial charge on any atom is -0.321 e. The summed E-state index contributed by atoms with van der Waals surface area (Å²) in [6.07, 6.45) is 3.41. The van der Waals surface area contributed by atoms with Gasteiger partial charge in [0.15, 0.2) is 5.16 Å². The number of rotatable bonds is 6. The van der Waals surface area contributed by atoms with Gasteiger partial charge in [0, 0.05) is 19.2 Å². The summed E-state index contributed by atoms with van der Waals surface area (Å²) in [7, 11) is 1.93. The first-order valence-electron chi connectivity index (χ1n) is 6.30. The predicted molar refractivity (Wildman–Crippen MR) is 83.9 cm³/mol. The average Bonchev–Trinajstić information content (AvgIpc) is 2.81. The van der Waals surface area contributed by atoms with Crippen LogP contribution in [0.2, 0.25) is 0 Å². The summed E-state index contributed by atoms with van der Waals surface area (Å²) in [6, 6.07) is 6.07. The summed E-state index contributed by atoms with van der Waals surface area (Å²) < 4.78 is 1.95. The number of hydrogen-bond acceptors (Lipinski definition) is 6. The van der Waals surface area contributed by atoms with Crippen LogP contribution in [0.5, 0.6) is 0 Å². The second kappa shape index (κ2) is 6.89. The Kier molecular flexibility index (Phi) is 4.94. The van der Waals surface area contributed by atoms with Crippen LogP contribution in [0, 0.1) is 10.1 Å². The molecular weight excluding hydrogens is 290 g/mol. The van der Waals surface area contributed by atoms with Crippen molar-refractivity contribution >= 4 is 29.4 Å². The van der Waals surface area contributed by atoms with E-state index < -0.39 is 4.92 Å². The van der Waals surface area contributed by atoms with E-state index in [1.165, 1.54) is 12.1 Å². The Labute approximate surface area is 126 Å². The molecule has 0 saturated carbocycles. The van der Waals surface area contributed by atoms with Gasteiger partial charge in [0.1, 0.15) is 0 Å². The number of benzene rings is 1. The fraction of sp³-hybridized carbons (Fsp3) is 0.231. The molecule has 2 rings (SSSR count). The van der Waals surface area contributed by atoms with E-state index in [1.807, 2.05) is 11.6 Å². The molecule has 110 valence electrons. The van der Waals surface area contributed by atoms with Gasteiger partial charge in [-0.25, -0.2) is 4.98 Å². The van der Waals surface area contributed by atoms with Crippen LogP contribution in [-0.2, 0) is 7.05 Å². The van der Waals surface area contributed by atoms with Gasteiger partial charge in [0.25, 0.3) is 5.69 Å². The lowest BCUT2D eigenvalue weighted by Gasteiger charge is -2.01. The van der Waals surface area contributed by atoms with Gasteiger partial charge < -0.3 is 4.57 Å². The molecule has 21 heavy (non-hydrogen) atoms. The third-order valence-electron chi connectivity index (χ3n) is 2.72. The van der Waals surface area contributed by atoms with Gasteiger partial charge in [-0.05, 0) is 17.9 Å². The van der Waals surface area contributed by atoms with E-state index >= 15 is 0 Å². The summed E-state index contributed by atoms with van der Waals surface area (Å²) in [6.45, 7) is 2.07. The Balaban J connectivity index is 2.00. The highest BCUT2D eigenvalue weighted by Crippen LogP contribution is 2.16. The van der Waals surface area contributed by atoms with E-state index in [4.69, 9.17) is 0 Å². The summed E-state index contributed by atoms with van der Waals surface area (Å²) in [5.41, 5.74) is 4.44. The van der Waals surface area contributed by atoms with Gasteiger partial charge in [-0.15, -0.1) is 0 Å². The standard InChI is InChI=1S/C13H15N5O2S/c1-3-21-13-14-8-12(17(13)2)9-15-16-10-4-6-11(7-5-10)18(19)20/h4-9,16H,3H2,1-2H3/b15-9-. The zero-order valence-corrected chi connectivity index (χ0v) is 12.5. The lowest BCUT2D eigenvalue weighted by atomic mass is 10.3. The van der Waals surface area contributed by atoms with E-state index in [1.54, 1.807) is 36.3 Å². The van der Waals surface area contributed by atoms with Crippen LogP contribution >= 0.6 is 11.8 Å². The number of imidazole rings is 1. The van der Waals surface area contributed by atoms with Crippen molar-refractivity contribution in [2.24, 2.45) is 12.1 Å². The second-order valence-electron chi connectivity index (χ2n) is 4.13. The zero-order chi connectivity index (χ0) is 15.2. The molecule has 0 aliphatic rings. The highest BCUT2D eigenvalue weighted by molar-refractivity contribution is 7.99. The molecule has 0 atom stereocenters. The average molecular weight is 305 g/mol. The molecular formula is C13H15N5O2S. The molecule has 0 amide bonds. The van der Waals surface area contributed by atoms with Crippen molar-refractivity contribution in [3.8, 4) is 0 Å². The van der Waals surface area contributed by atoms with Gasteiger partial charge in [-0.3, -0.25) is 15.5 Å². The maximum Gasteiger partial charge on any atom is 0.269 e. The number of hydrazone groups is 1. The quantitative estimate of drug-likeness (QED) is 0.384. The molecule has 0 spiro atoms. The lowest BCUT2D eigenvalue weighted by Crippen LogP contribution is -1.98. The Morgan fingerprint density at radius 2 is 2.19 bits per heavy atom. The molecule has 0 saturated heterocycles. The molecule has 1 N–H and O–H groups in total. The maximum absolute atomic E-state index is 10.5. The highest BCUT2D eigenvalue weighted by atomic mass is 32.2. The molecule has 0 aliphatic heterocycles. The van der Waals surface area contributed by atoms with Crippen LogP contribution in [0.1, 0.15) is 12.6 Å². The Hall–Kier alpha value is -2.35. The Bertz CT molecular complexity index is 651. The molecule has 1 aromatic carbocycles. The number of nitrogens with zero attached hydrogens (tertiary/aromatic N) is 4. The van der Waals surface area contributed by atoms with Crippen molar-refractivity contribution in [3.63, 3.8) is 0 Å². The van der Waals surface area contributed by atoms with Crippen LogP contribution < -0.4 is 5.43 Å². The van der Waals surface area contributed by atoms with Gasteiger partial charge in [-0.2, -0.15) is 5.10 Å². The van der Waals surface area contributed by atoms with E-state index in [9.17, 15) is 10.1 Å². The van der Waals surface area contributed by atoms with Crippen molar-refractivity contribution in [2.45, 2.75) is 12.1 Å². The number of anilines is 1. The number of non-ortho nitro benzene ring substituents is 1. The smallest absolute Gasteiger partial charge is 0.269 e. The summed E-state index contributed by atoms with van der Waals surface area (Å²) >= 11 is 1.66. The molecule has 1 heterocycles. The third-order valence-corrected chi connectivity index (χ3v) is 3.65. The number of thioether (sulfide) groups is 1. The van der Waals surface area contributed by atoms with E-state index in [-0.39, 0.29) is 5.69 Å². The van der Waals surface area contributed by atoms with Gasteiger partial charge in [0.2, 0.25) is 0 Å². The number of nitrogens with one attached hydrogen (secondary N) is 1. The van der Waals surface area contributed by atoms with Crippen molar-refractivity contribution in [1.29, 1.82) is 0 Å². The molecule has 1 aromatic heterocycles. The van der Waals surface area contributed by atoms with Crippen LogP contribution in [0.25, 0.3) is 0 Å². The molecule has 7 nitrogen and oxygen atoms in total. The monoisotopic (exact) mass is 305 g/mol. The van der Waals surface area contributed by atoms with Gasteiger partial charge in [-0.1, -0.05) is 18.7 Å². The molecule has 0 radical (unpaired) electrons. The molecule has 0 bridgehead atoms. The normalized spacial score (nSPS) is 11.0. The van der Waals surface area contributed by atoms with Crippen LogP contribution in [-0.4, -0.2) is 26.4 Å². The van der Waals surface area contributed by atoms with Crippen LogP contribution in [0.4, 0.5) is 11.4 Å². The largest absolute Gasteiger partial charge is 0.321 e. The molecule has 0 fully saturated rings. The lowest BCUT2D eigenvalue weighted by molar-refractivity contribution is -0.384. The molecule has 2 aromatic rings. The predicted octanol–water partition coefficient (Wildman–Crippen LogP) is 2.89. The number of hydrogen-bond donors (Lipinski definition) is 1. The molecule has 0 aliphatic carbocycles. The van der Waals surface area contributed by atoms with Crippen molar-refractivity contribution in [3.05, 3.63) is 46.3 Å². The first-order chi connectivity index (χ1) is 10.1. The van der Waals surface area contributed by atoms with Crippen molar-refractivity contribution < 1.29 is 4.92 Å². The SMILES string of the molecule is CCSc1ncc(/C=N\Nc2ccc([N+](=O)[O-])cc2)n1C.